The van der Waals surface area contributed by atoms with E-state index in [1.807, 2.05) is 44.2 Å². The molecule has 4 rings (SSSR count). The number of aryl methyl sites for hydroxylation is 2. The first-order valence-corrected chi connectivity index (χ1v) is 12.8. The van der Waals surface area contributed by atoms with Gasteiger partial charge >= 0.3 is 5.97 Å². The van der Waals surface area contributed by atoms with Gasteiger partial charge in [0.05, 0.1) is 19.3 Å². The van der Waals surface area contributed by atoms with Crippen LogP contribution in [0.5, 0.6) is 11.5 Å². The summed E-state index contributed by atoms with van der Waals surface area (Å²) in [6.07, 6.45) is 5.75. The summed E-state index contributed by atoms with van der Waals surface area (Å²) in [5.41, 5.74) is 4.25. The summed E-state index contributed by atoms with van der Waals surface area (Å²) >= 11 is 1.56. The number of rotatable bonds is 9. The maximum Gasteiger partial charge on any atom is 0.341 e. The number of anilines is 1. The molecule has 7 nitrogen and oxygen atoms in total. The molecule has 0 bridgehead atoms. The molecule has 0 radical (unpaired) electrons. The third-order valence-corrected chi connectivity index (χ3v) is 7.01. The number of hydrogen-bond acceptors (Lipinski definition) is 7. The number of nitrogens with one attached hydrogen (secondary N) is 1. The van der Waals surface area contributed by atoms with Crippen LogP contribution in [0.3, 0.4) is 0 Å². The third-order valence-electron chi connectivity index (χ3n) is 5.81. The fourth-order valence-corrected chi connectivity index (χ4v) is 5.36. The van der Waals surface area contributed by atoms with E-state index in [0.29, 0.717) is 28.7 Å². The van der Waals surface area contributed by atoms with Gasteiger partial charge in [-0.2, -0.15) is 0 Å². The highest BCUT2D eigenvalue weighted by Gasteiger charge is 2.26. The molecule has 0 fully saturated rings. The monoisotopic (exact) mass is 506 g/mol. The Morgan fingerprint density at radius 3 is 2.72 bits per heavy atom. The van der Waals surface area contributed by atoms with E-state index in [0.717, 1.165) is 48.1 Å². The van der Waals surface area contributed by atoms with Gasteiger partial charge in [0.25, 0.3) is 5.91 Å². The van der Waals surface area contributed by atoms with E-state index >= 15 is 0 Å². The van der Waals surface area contributed by atoms with Gasteiger partial charge in [0.15, 0.2) is 18.1 Å². The Balaban J connectivity index is 1.47. The van der Waals surface area contributed by atoms with Crippen LogP contribution in [0.2, 0.25) is 0 Å². The first kappa shape index (κ1) is 25.4. The Labute approximate surface area is 215 Å². The number of aliphatic imine (C=N–C) groups is 1. The minimum atomic E-state index is -0.311. The predicted molar refractivity (Wildman–Crippen MR) is 142 cm³/mol. The fourth-order valence-electron chi connectivity index (χ4n) is 4.14. The molecule has 1 aliphatic rings. The molecule has 188 valence electrons. The summed E-state index contributed by atoms with van der Waals surface area (Å²) in [5.74, 6) is 0.363. The van der Waals surface area contributed by atoms with E-state index in [1.165, 1.54) is 4.88 Å². The third kappa shape index (κ3) is 6.12. The van der Waals surface area contributed by atoms with Gasteiger partial charge in [-0.25, -0.2) is 9.79 Å². The van der Waals surface area contributed by atoms with Gasteiger partial charge in [-0.15, -0.1) is 11.3 Å². The van der Waals surface area contributed by atoms with E-state index in [9.17, 15) is 9.59 Å². The number of fused-ring (bicyclic) bond motifs is 1. The van der Waals surface area contributed by atoms with Crippen LogP contribution < -0.4 is 14.8 Å². The highest BCUT2D eigenvalue weighted by Crippen LogP contribution is 2.40. The van der Waals surface area contributed by atoms with Crippen molar-refractivity contribution in [3.63, 3.8) is 0 Å². The summed E-state index contributed by atoms with van der Waals surface area (Å²) in [5, 5.41) is 3.50. The number of amides is 1. The van der Waals surface area contributed by atoms with Gasteiger partial charge < -0.3 is 19.5 Å². The van der Waals surface area contributed by atoms with E-state index in [-0.39, 0.29) is 18.5 Å². The maximum absolute atomic E-state index is 12.7. The lowest BCUT2D eigenvalue weighted by Gasteiger charge is -2.12. The largest absolute Gasteiger partial charge is 0.493 e. The van der Waals surface area contributed by atoms with Gasteiger partial charge in [-0.3, -0.25) is 4.79 Å². The summed E-state index contributed by atoms with van der Waals surface area (Å²) in [4.78, 5) is 30.8. The molecular formula is C28H30N2O5S. The summed E-state index contributed by atoms with van der Waals surface area (Å²) in [6, 6.07) is 12.9. The molecule has 3 aromatic rings. The number of benzene rings is 2. The lowest BCUT2D eigenvalue weighted by Crippen LogP contribution is -2.20. The van der Waals surface area contributed by atoms with Gasteiger partial charge in [-0.05, 0) is 86.6 Å². The number of hydrogen-bond donors (Lipinski definition) is 1. The van der Waals surface area contributed by atoms with Crippen molar-refractivity contribution in [1.29, 1.82) is 0 Å². The molecule has 0 spiro atoms. The minimum absolute atomic E-state index is 0.151. The van der Waals surface area contributed by atoms with Gasteiger partial charge in [-0.1, -0.05) is 12.1 Å². The molecule has 1 heterocycles. The maximum atomic E-state index is 12.7. The van der Waals surface area contributed by atoms with Crippen LogP contribution in [0.25, 0.3) is 0 Å². The van der Waals surface area contributed by atoms with E-state index in [1.54, 1.807) is 36.8 Å². The number of nitrogens with zero attached hydrogens (tertiary/aromatic N) is 1. The number of esters is 1. The number of methoxy groups -OCH3 is 1. The Hall–Kier alpha value is -3.65. The molecule has 0 saturated heterocycles. The average molecular weight is 507 g/mol. The second-order valence-electron chi connectivity index (χ2n) is 8.49. The fraction of sp³-hybridized carbons (Fsp3) is 0.321. The Kier molecular flexibility index (Phi) is 8.38. The molecule has 1 aromatic heterocycles. The molecule has 0 unspecified atom stereocenters. The van der Waals surface area contributed by atoms with Crippen LogP contribution >= 0.6 is 11.3 Å². The quantitative estimate of drug-likeness (QED) is 0.289. The lowest BCUT2D eigenvalue weighted by molar-refractivity contribution is -0.118. The zero-order valence-electron chi connectivity index (χ0n) is 20.8. The predicted octanol–water partition coefficient (Wildman–Crippen LogP) is 5.89. The van der Waals surface area contributed by atoms with Crippen LogP contribution in [-0.2, 0) is 22.4 Å². The zero-order valence-corrected chi connectivity index (χ0v) is 21.6. The van der Waals surface area contributed by atoms with Crippen molar-refractivity contribution >= 4 is 40.1 Å². The molecule has 0 aliphatic heterocycles. The van der Waals surface area contributed by atoms with E-state index in [2.05, 4.69) is 10.3 Å². The highest BCUT2D eigenvalue weighted by molar-refractivity contribution is 7.16. The normalized spacial score (nSPS) is 12.8. The zero-order chi connectivity index (χ0) is 25.5. The summed E-state index contributed by atoms with van der Waals surface area (Å²) in [6.45, 7) is 3.95. The molecule has 36 heavy (non-hydrogen) atoms. The van der Waals surface area contributed by atoms with Crippen LogP contribution in [0.15, 0.2) is 47.5 Å². The minimum Gasteiger partial charge on any atom is -0.493 e. The number of ether oxygens (including phenoxy) is 3. The number of carbonyl (C=O) groups excluding carboxylic acids is 2. The molecule has 0 atom stereocenters. The first-order valence-electron chi connectivity index (χ1n) is 12.0. The molecule has 2 aromatic carbocycles. The average Bonchev–Trinajstić information content (AvgIpc) is 3.25. The van der Waals surface area contributed by atoms with Gasteiger partial charge in [0, 0.05) is 16.8 Å². The molecule has 0 saturated carbocycles. The van der Waals surface area contributed by atoms with Crippen LogP contribution in [-0.4, -0.2) is 38.4 Å². The lowest BCUT2D eigenvalue weighted by atomic mass is 9.95. The molecule has 1 amide bonds. The topological polar surface area (TPSA) is 86.2 Å². The van der Waals surface area contributed by atoms with Gasteiger partial charge in [0.1, 0.15) is 5.00 Å². The van der Waals surface area contributed by atoms with Crippen LogP contribution in [0, 0.1) is 6.92 Å². The van der Waals surface area contributed by atoms with Crippen molar-refractivity contribution in [2.45, 2.75) is 39.5 Å². The van der Waals surface area contributed by atoms with Crippen molar-refractivity contribution in [2.75, 3.05) is 25.6 Å². The van der Waals surface area contributed by atoms with Gasteiger partial charge in [0.2, 0.25) is 0 Å². The molecule has 1 N–H and O–H groups in total. The van der Waals surface area contributed by atoms with E-state index in [4.69, 9.17) is 14.2 Å². The molecule has 1 aliphatic carbocycles. The second kappa shape index (κ2) is 11.9. The van der Waals surface area contributed by atoms with Crippen LogP contribution in [0.4, 0.5) is 10.7 Å². The smallest absolute Gasteiger partial charge is 0.341 e. The SMILES string of the molecule is CCOC(=O)c1c(N=Cc2ccc(OCC(=O)Nc3cccc(C)c3)c(OC)c2)sc2c1CCCC2. The summed E-state index contributed by atoms with van der Waals surface area (Å²) < 4.78 is 16.5. The number of thiophene rings is 1. The van der Waals surface area contributed by atoms with Crippen molar-refractivity contribution in [3.8, 4) is 11.5 Å². The van der Waals surface area contributed by atoms with Crippen molar-refractivity contribution in [3.05, 3.63) is 69.6 Å². The standard InChI is InChI=1S/C28H30N2O5S/c1-4-34-28(32)26-21-10-5-6-11-24(21)36-27(26)29-16-19-12-13-22(23(15-19)33-3)35-17-25(31)30-20-9-7-8-18(2)14-20/h7-9,12-16H,4-6,10-11,17H2,1-3H3,(H,30,31). The first-order chi connectivity index (χ1) is 17.5. The number of carbonyl (C=O) groups is 2. The van der Waals surface area contributed by atoms with Crippen LogP contribution in [0.1, 0.15) is 51.7 Å². The summed E-state index contributed by atoms with van der Waals surface area (Å²) in [7, 11) is 1.54. The Bertz CT molecular complexity index is 1280. The highest BCUT2D eigenvalue weighted by atomic mass is 32.1. The molecular weight excluding hydrogens is 476 g/mol. The molecule has 8 heteroatoms. The van der Waals surface area contributed by atoms with E-state index < -0.39 is 0 Å². The van der Waals surface area contributed by atoms with Crippen molar-refractivity contribution < 1.29 is 23.8 Å². The van der Waals surface area contributed by atoms with Crippen molar-refractivity contribution in [2.24, 2.45) is 4.99 Å². The second-order valence-corrected chi connectivity index (χ2v) is 9.57. The Morgan fingerprint density at radius 2 is 1.94 bits per heavy atom. The van der Waals surface area contributed by atoms with Crippen molar-refractivity contribution in [1.82, 2.24) is 0 Å². The Morgan fingerprint density at radius 1 is 1.11 bits per heavy atom.